The van der Waals surface area contributed by atoms with Crippen molar-refractivity contribution >= 4 is 11.8 Å². The molecule has 0 radical (unpaired) electrons. The summed E-state index contributed by atoms with van der Waals surface area (Å²) in [6.45, 7) is 9.23. The van der Waals surface area contributed by atoms with E-state index in [9.17, 15) is 9.59 Å². The molecule has 1 saturated carbocycles. The Balaban J connectivity index is 1.61. The van der Waals surface area contributed by atoms with E-state index in [0.717, 1.165) is 32.7 Å². The highest BCUT2D eigenvalue weighted by Gasteiger charge is 2.32. The van der Waals surface area contributed by atoms with Crippen molar-refractivity contribution in [1.82, 2.24) is 15.1 Å². The average Bonchev–Trinajstić information content (AvgIpc) is 3.31. The van der Waals surface area contributed by atoms with Crippen LogP contribution in [0.2, 0.25) is 0 Å². The number of amides is 2. The third-order valence-corrected chi connectivity index (χ3v) is 4.55. The summed E-state index contributed by atoms with van der Waals surface area (Å²) in [6.07, 6.45) is 2.78. The van der Waals surface area contributed by atoms with Crippen molar-refractivity contribution < 1.29 is 9.59 Å². The largest absolute Gasteiger partial charge is 0.355 e. The molecule has 2 aliphatic rings. The van der Waals surface area contributed by atoms with E-state index >= 15 is 0 Å². The summed E-state index contributed by atoms with van der Waals surface area (Å²) < 4.78 is 0. The summed E-state index contributed by atoms with van der Waals surface area (Å²) in [5, 5.41) is 2.90. The van der Waals surface area contributed by atoms with Crippen molar-refractivity contribution in [1.29, 1.82) is 0 Å². The SMILES string of the molecule is CCN1CCN(C(=O)CCNC(=O)C(C)C2CC2)CC1. The van der Waals surface area contributed by atoms with Gasteiger partial charge >= 0.3 is 0 Å². The molecule has 0 aromatic heterocycles. The van der Waals surface area contributed by atoms with Crippen molar-refractivity contribution in [3.8, 4) is 0 Å². The summed E-state index contributed by atoms with van der Waals surface area (Å²) in [6, 6.07) is 0. The molecule has 5 heteroatoms. The molecule has 5 nitrogen and oxygen atoms in total. The van der Waals surface area contributed by atoms with Crippen molar-refractivity contribution in [3.63, 3.8) is 0 Å². The fraction of sp³-hybridized carbons (Fsp3) is 0.867. The lowest BCUT2D eigenvalue weighted by Gasteiger charge is -2.34. The first-order chi connectivity index (χ1) is 9.61. The number of carbonyl (C=O) groups is 2. The first-order valence-electron chi connectivity index (χ1n) is 7.89. The zero-order valence-corrected chi connectivity index (χ0v) is 12.7. The Kier molecular flexibility index (Phi) is 5.40. The number of carbonyl (C=O) groups excluding carboxylic acids is 2. The van der Waals surface area contributed by atoms with E-state index in [1.54, 1.807) is 0 Å². The third kappa shape index (κ3) is 4.20. The van der Waals surface area contributed by atoms with E-state index < -0.39 is 0 Å². The number of nitrogens with zero attached hydrogens (tertiary/aromatic N) is 2. The number of rotatable bonds is 6. The summed E-state index contributed by atoms with van der Waals surface area (Å²) in [7, 11) is 0. The van der Waals surface area contributed by atoms with Crippen molar-refractivity contribution in [2.24, 2.45) is 11.8 Å². The smallest absolute Gasteiger partial charge is 0.224 e. The number of likely N-dealkylation sites (N-methyl/N-ethyl adjacent to an activating group) is 1. The number of nitrogens with one attached hydrogen (secondary N) is 1. The molecule has 1 aliphatic heterocycles. The second-order valence-corrected chi connectivity index (χ2v) is 5.98. The first kappa shape index (κ1) is 15.3. The normalized spacial score (nSPS) is 21.6. The van der Waals surface area contributed by atoms with Gasteiger partial charge in [0.15, 0.2) is 0 Å². The van der Waals surface area contributed by atoms with Crippen LogP contribution < -0.4 is 5.32 Å². The van der Waals surface area contributed by atoms with Gasteiger partial charge in [0.05, 0.1) is 0 Å². The first-order valence-corrected chi connectivity index (χ1v) is 7.89. The topological polar surface area (TPSA) is 52.6 Å². The molecule has 20 heavy (non-hydrogen) atoms. The van der Waals surface area contributed by atoms with Gasteiger partial charge < -0.3 is 15.1 Å². The molecular weight excluding hydrogens is 254 g/mol. The Morgan fingerprint density at radius 1 is 1.20 bits per heavy atom. The zero-order chi connectivity index (χ0) is 14.5. The monoisotopic (exact) mass is 281 g/mol. The van der Waals surface area contributed by atoms with Gasteiger partial charge in [-0.05, 0) is 25.3 Å². The van der Waals surface area contributed by atoms with Gasteiger partial charge in [-0.2, -0.15) is 0 Å². The molecule has 0 aromatic carbocycles. The van der Waals surface area contributed by atoms with Crippen molar-refractivity contribution in [3.05, 3.63) is 0 Å². The van der Waals surface area contributed by atoms with Gasteiger partial charge in [-0.15, -0.1) is 0 Å². The second kappa shape index (κ2) is 7.07. The molecule has 0 spiro atoms. The molecule has 1 saturated heterocycles. The Bertz CT molecular complexity index is 347. The number of hydrogen-bond donors (Lipinski definition) is 1. The summed E-state index contributed by atoms with van der Waals surface area (Å²) >= 11 is 0. The Morgan fingerprint density at radius 3 is 2.40 bits per heavy atom. The van der Waals surface area contributed by atoms with Crippen LogP contribution in [0.3, 0.4) is 0 Å². The van der Waals surface area contributed by atoms with Crippen molar-refractivity contribution in [2.75, 3.05) is 39.3 Å². The van der Waals surface area contributed by atoms with Gasteiger partial charge in [-0.25, -0.2) is 0 Å². The van der Waals surface area contributed by atoms with Crippen LogP contribution in [0.15, 0.2) is 0 Å². The van der Waals surface area contributed by atoms with Crippen molar-refractivity contribution in [2.45, 2.75) is 33.1 Å². The summed E-state index contributed by atoms with van der Waals surface area (Å²) in [5.41, 5.74) is 0. The molecule has 1 N–H and O–H groups in total. The van der Waals surface area contributed by atoms with Gasteiger partial charge in [0.2, 0.25) is 11.8 Å². The molecule has 1 atom stereocenters. The van der Waals surface area contributed by atoms with E-state index in [2.05, 4.69) is 17.1 Å². The number of hydrogen-bond acceptors (Lipinski definition) is 3. The standard InChI is InChI=1S/C15H27N3O2/c1-3-17-8-10-18(11-9-17)14(19)6-7-16-15(20)12(2)13-4-5-13/h12-13H,3-11H2,1-2H3,(H,16,20). The Morgan fingerprint density at radius 2 is 1.85 bits per heavy atom. The predicted molar refractivity (Wildman–Crippen MR) is 78.2 cm³/mol. The highest BCUT2D eigenvalue weighted by molar-refractivity contribution is 5.80. The molecule has 114 valence electrons. The lowest BCUT2D eigenvalue weighted by Crippen LogP contribution is -2.49. The number of piperazine rings is 1. The lowest BCUT2D eigenvalue weighted by molar-refractivity contribution is -0.133. The van der Waals surface area contributed by atoms with Crippen LogP contribution in [0, 0.1) is 11.8 Å². The van der Waals surface area contributed by atoms with Crippen LogP contribution in [-0.2, 0) is 9.59 Å². The average molecular weight is 281 g/mol. The quantitative estimate of drug-likeness (QED) is 0.780. The molecule has 2 rings (SSSR count). The zero-order valence-electron chi connectivity index (χ0n) is 12.7. The van der Waals surface area contributed by atoms with E-state index in [1.807, 2.05) is 11.8 Å². The molecule has 0 bridgehead atoms. The van der Waals surface area contributed by atoms with Gasteiger partial charge in [0.25, 0.3) is 0 Å². The lowest BCUT2D eigenvalue weighted by atomic mass is 10.1. The van der Waals surface area contributed by atoms with Gasteiger partial charge in [-0.1, -0.05) is 13.8 Å². The fourth-order valence-corrected chi connectivity index (χ4v) is 2.74. The van der Waals surface area contributed by atoms with Crippen LogP contribution in [0.25, 0.3) is 0 Å². The Hall–Kier alpha value is -1.10. The maximum Gasteiger partial charge on any atom is 0.224 e. The van der Waals surface area contributed by atoms with E-state index in [4.69, 9.17) is 0 Å². The van der Waals surface area contributed by atoms with Gasteiger partial charge in [-0.3, -0.25) is 9.59 Å². The minimum atomic E-state index is 0.108. The van der Waals surface area contributed by atoms with Crippen LogP contribution in [-0.4, -0.2) is 60.9 Å². The maximum absolute atomic E-state index is 12.0. The van der Waals surface area contributed by atoms with E-state index in [-0.39, 0.29) is 17.7 Å². The maximum atomic E-state index is 12.0. The minimum absolute atomic E-state index is 0.108. The summed E-state index contributed by atoms with van der Waals surface area (Å²) in [5.74, 6) is 0.960. The predicted octanol–water partition coefficient (Wildman–Crippen LogP) is 0.703. The molecule has 2 fully saturated rings. The Labute approximate surface area is 121 Å². The molecule has 0 aromatic rings. The van der Waals surface area contributed by atoms with Crippen LogP contribution >= 0.6 is 0 Å². The molecule has 1 heterocycles. The highest BCUT2D eigenvalue weighted by Crippen LogP contribution is 2.36. The molecular formula is C15H27N3O2. The van der Waals surface area contributed by atoms with Crippen LogP contribution in [0.5, 0.6) is 0 Å². The van der Waals surface area contributed by atoms with Crippen LogP contribution in [0.1, 0.15) is 33.1 Å². The highest BCUT2D eigenvalue weighted by atomic mass is 16.2. The second-order valence-electron chi connectivity index (χ2n) is 5.98. The minimum Gasteiger partial charge on any atom is -0.355 e. The van der Waals surface area contributed by atoms with E-state index in [1.165, 1.54) is 12.8 Å². The van der Waals surface area contributed by atoms with Gasteiger partial charge in [0, 0.05) is 45.1 Å². The fourth-order valence-electron chi connectivity index (χ4n) is 2.74. The van der Waals surface area contributed by atoms with E-state index in [0.29, 0.717) is 18.9 Å². The molecule has 1 unspecified atom stereocenters. The molecule has 1 aliphatic carbocycles. The molecule has 2 amide bonds. The third-order valence-electron chi connectivity index (χ3n) is 4.55. The summed E-state index contributed by atoms with van der Waals surface area (Å²) in [4.78, 5) is 28.1. The van der Waals surface area contributed by atoms with Crippen LogP contribution in [0.4, 0.5) is 0 Å². The van der Waals surface area contributed by atoms with Gasteiger partial charge in [0.1, 0.15) is 0 Å².